The first kappa shape index (κ1) is 24.6. The summed E-state index contributed by atoms with van der Waals surface area (Å²) in [6.07, 6.45) is 6.21. The Balaban J connectivity index is 1.28. The Hall–Kier alpha value is -3.09. The molecule has 184 valence electrons. The molecule has 1 unspecified atom stereocenters. The third-order valence-electron chi connectivity index (χ3n) is 6.31. The first-order valence-electron chi connectivity index (χ1n) is 12.5. The van der Waals surface area contributed by atoms with Crippen LogP contribution in [0.3, 0.4) is 0 Å². The molecule has 1 aliphatic rings. The van der Waals surface area contributed by atoms with E-state index in [0.717, 1.165) is 50.0 Å². The number of nitrogens with one attached hydrogen (secondary N) is 1. The summed E-state index contributed by atoms with van der Waals surface area (Å²) in [4.78, 5) is 17.8. The Labute approximate surface area is 220 Å². The molecule has 6 heteroatoms. The maximum absolute atomic E-state index is 13.1. The van der Waals surface area contributed by atoms with Gasteiger partial charge in [-0.15, -0.1) is 11.3 Å². The van der Waals surface area contributed by atoms with E-state index >= 15 is 0 Å². The van der Waals surface area contributed by atoms with Crippen molar-refractivity contribution in [2.75, 3.05) is 18.9 Å². The normalized spacial score (nSPS) is 14.2. The van der Waals surface area contributed by atoms with Crippen LogP contribution in [0.5, 0.6) is 5.75 Å². The number of carbonyl (C=O) groups excluding carboxylic acids is 1. The molecule has 3 aromatic carbocycles. The van der Waals surface area contributed by atoms with Crippen molar-refractivity contribution >= 4 is 39.2 Å². The molecule has 0 radical (unpaired) electrons. The lowest BCUT2D eigenvalue weighted by molar-refractivity contribution is -0.121. The number of benzene rings is 3. The number of hydrogen-bond donors (Lipinski definition) is 1. The maximum atomic E-state index is 13.1. The second-order valence-corrected chi connectivity index (χ2v) is 11.0. The lowest BCUT2D eigenvalue weighted by atomic mass is 9.94. The van der Waals surface area contributed by atoms with E-state index in [-0.39, 0.29) is 11.8 Å². The fourth-order valence-electron chi connectivity index (χ4n) is 4.74. The molecule has 0 bridgehead atoms. The van der Waals surface area contributed by atoms with Crippen LogP contribution in [-0.4, -0.2) is 29.8 Å². The predicted molar refractivity (Wildman–Crippen MR) is 151 cm³/mol. The summed E-state index contributed by atoms with van der Waals surface area (Å²) in [5.74, 6) is 1.62. The number of nitrogens with zero attached hydrogens (tertiary/aromatic N) is 1. The van der Waals surface area contributed by atoms with E-state index in [1.807, 2.05) is 25.1 Å². The number of fused-ring (bicyclic) bond motifs is 4. The van der Waals surface area contributed by atoms with Crippen LogP contribution in [0, 0.1) is 0 Å². The predicted octanol–water partition coefficient (Wildman–Crippen LogP) is 7.22. The number of hydrogen-bond acceptors (Lipinski definition) is 5. The van der Waals surface area contributed by atoms with Crippen LogP contribution in [0.25, 0.3) is 21.3 Å². The zero-order valence-electron chi connectivity index (χ0n) is 20.6. The smallest absolute Gasteiger partial charge is 0.232 e. The Morgan fingerprint density at radius 2 is 1.94 bits per heavy atom. The maximum Gasteiger partial charge on any atom is 0.232 e. The second kappa shape index (κ2) is 11.3. The summed E-state index contributed by atoms with van der Waals surface area (Å²) in [5, 5.41) is 3.10. The van der Waals surface area contributed by atoms with Gasteiger partial charge in [0.1, 0.15) is 5.75 Å². The van der Waals surface area contributed by atoms with Crippen molar-refractivity contribution in [3.05, 3.63) is 89.5 Å². The number of thioether (sulfide) groups is 1. The fourth-order valence-corrected chi connectivity index (χ4v) is 6.71. The topological polar surface area (TPSA) is 51.2 Å². The lowest BCUT2D eigenvalue weighted by Gasteiger charge is -2.14. The number of allylic oxidation sites excluding steroid dienone is 1. The number of ether oxygens (including phenoxy) is 1. The molecule has 0 spiro atoms. The van der Waals surface area contributed by atoms with Crippen molar-refractivity contribution in [2.24, 2.45) is 0 Å². The Kier molecular flexibility index (Phi) is 7.73. The number of carbonyl (C=O) groups is 1. The van der Waals surface area contributed by atoms with E-state index in [1.165, 1.54) is 16.7 Å². The quantitative estimate of drug-likeness (QED) is 0.179. The molecule has 5 rings (SSSR count). The van der Waals surface area contributed by atoms with Gasteiger partial charge in [0, 0.05) is 12.3 Å². The van der Waals surface area contributed by atoms with Gasteiger partial charge in [0.05, 0.1) is 22.7 Å². The van der Waals surface area contributed by atoms with Crippen LogP contribution in [0.2, 0.25) is 0 Å². The molecule has 0 saturated heterocycles. The first-order chi connectivity index (χ1) is 17.7. The SMILES string of the molecule is CCCNC(=O)C1c2ccccc2-c2c(CC=CCSc3nc4ccc(OCC)cc4s3)cccc21. The van der Waals surface area contributed by atoms with Gasteiger partial charge in [0.2, 0.25) is 5.91 Å². The van der Waals surface area contributed by atoms with Crippen molar-refractivity contribution in [1.82, 2.24) is 10.3 Å². The average molecular weight is 515 g/mol. The van der Waals surface area contributed by atoms with E-state index in [4.69, 9.17) is 9.72 Å². The number of rotatable bonds is 10. The zero-order valence-corrected chi connectivity index (χ0v) is 22.3. The monoisotopic (exact) mass is 514 g/mol. The van der Waals surface area contributed by atoms with E-state index < -0.39 is 0 Å². The summed E-state index contributed by atoms with van der Waals surface area (Å²) in [6.45, 7) is 5.44. The van der Waals surface area contributed by atoms with E-state index in [2.05, 4.69) is 66.9 Å². The fraction of sp³-hybridized carbons (Fsp3) is 0.267. The standard InChI is InChI=1S/C30H30N2O2S2/c1-3-17-31-29(33)28-23-13-6-5-12-22(23)27-20(11-9-14-24(27)28)10-7-8-18-35-30-32-25-16-15-21(34-4-2)19-26(25)36-30/h5-9,11-16,19,28H,3-4,10,17-18H2,1-2H3,(H,31,33). The molecular formula is C30H30N2O2S2. The van der Waals surface area contributed by atoms with E-state index in [9.17, 15) is 4.79 Å². The average Bonchev–Trinajstić information content (AvgIpc) is 3.46. The summed E-state index contributed by atoms with van der Waals surface area (Å²) in [6, 6.07) is 20.8. The molecular weight excluding hydrogens is 484 g/mol. The van der Waals surface area contributed by atoms with Crippen LogP contribution in [0.4, 0.5) is 0 Å². The van der Waals surface area contributed by atoms with Crippen molar-refractivity contribution in [2.45, 2.75) is 36.9 Å². The van der Waals surface area contributed by atoms with Crippen molar-refractivity contribution in [3.63, 3.8) is 0 Å². The van der Waals surface area contributed by atoms with Gasteiger partial charge in [-0.05, 0) is 65.8 Å². The molecule has 1 aliphatic carbocycles. The highest BCUT2D eigenvalue weighted by Crippen LogP contribution is 2.46. The number of aromatic nitrogens is 1. The van der Waals surface area contributed by atoms with E-state index in [0.29, 0.717) is 13.2 Å². The molecule has 1 atom stereocenters. The van der Waals surface area contributed by atoms with Gasteiger partial charge in [-0.25, -0.2) is 4.98 Å². The highest BCUT2D eigenvalue weighted by atomic mass is 32.2. The van der Waals surface area contributed by atoms with Crippen LogP contribution in [0.1, 0.15) is 42.9 Å². The zero-order chi connectivity index (χ0) is 24.9. The molecule has 4 nitrogen and oxygen atoms in total. The Morgan fingerprint density at radius 1 is 1.08 bits per heavy atom. The van der Waals surface area contributed by atoms with Crippen molar-refractivity contribution in [3.8, 4) is 16.9 Å². The molecule has 0 aliphatic heterocycles. The number of thiazole rings is 1. The Morgan fingerprint density at radius 3 is 2.81 bits per heavy atom. The minimum atomic E-state index is -0.232. The highest BCUT2D eigenvalue weighted by Gasteiger charge is 2.34. The van der Waals surface area contributed by atoms with Gasteiger partial charge < -0.3 is 10.1 Å². The van der Waals surface area contributed by atoms with Gasteiger partial charge in [-0.2, -0.15) is 0 Å². The summed E-state index contributed by atoms with van der Waals surface area (Å²) in [5.41, 5.74) is 6.91. The first-order valence-corrected chi connectivity index (χ1v) is 14.3. The molecule has 1 N–H and O–H groups in total. The molecule has 1 heterocycles. The highest BCUT2D eigenvalue weighted by molar-refractivity contribution is 8.01. The lowest BCUT2D eigenvalue weighted by Crippen LogP contribution is -2.29. The molecule has 0 fully saturated rings. The van der Waals surface area contributed by atoms with Crippen molar-refractivity contribution in [1.29, 1.82) is 0 Å². The van der Waals surface area contributed by atoms with Crippen LogP contribution in [-0.2, 0) is 11.2 Å². The summed E-state index contributed by atoms with van der Waals surface area (Å²) < 4.78 is 7.83. The summed E-state index contributed by atoms with van der Waals surface area (Å²) >= 11 is 3.46. The molecule has 1 aromatic heterocycles. The van der Waals surface area contributed by atoms with Gasteiger partial charge in [-0.3, -0.25) is 4.79 Å². The minimum Gasteiger partial charge on any atom is -0.494 e. The minimum absolute atomic E-state index is 0.0938. The van der Waals surface area contributed by atoms with Gasteiger partial charge in [-0.1, -0.05) is 73.3 Å². The molecule has 4 aromatic rings. The second-order valence-electron chi connectivity index (χ2n) is 8.72. The summed E-state index contributed by atoms with van der Waals surface area (Å²) in [7, 11) is 0. The third-order valence-corrected chi connectivity index (χ3v) is 8.42. The van der Waals surface area contributed by atoms with Crippen LogP contribution >= 0.6 is 23.1 Å². The number of amides is 1. The van der Waals surface area contributed by atoms with Gasteiger partial charge in [0.15, 0.2) is 4.34 Å². The van der Waals surface area contributed by atoms with Crippen LogP contribution < -0.4 is 10.1 Å². The van der Waals surface area contributed by atoms with E-state index in [1.54, 1.807) is 23.1 Å². The van der Waals surface area contributed by atoms with Crippen molar-refractivity contribution < 1.29 is 9.53 Å². The largest absolute Gasteiger partial charge is 0.494 e. The molecule has 0 saturated carbocycles. The molecule has 36 heavy (non-hydrogen) atoms. The van der Waals surface area contributed by atoms with Gasteiger partial charge >= 0.3 is 0 Å². The van der Waals surface area contributed by atoms with Gasteiger partial charge in [0.25, 0.3) is 0 Å². The van der Waals surface area contributed by atoms with Crippen LogP contribution in [0.15, 0.2) is 77.2 Å². The Bertz CT molecular complexity index is 1410. The molecule has 1 amide bonds. The third kappa shape index (κ3) is 5.06.